The lowest BCUT2D eigenvalue weighted by molar-refractivity contribution is 0.0342. The molecular formula is C22H28N2O3S. The topological polar surface area (TPSA) is 58.6 Å². The van der Waals surface area contributed by atoms with Crippen molar-refractivity contribution in [3.63, 3.8) is 0 Å². The Morgan fingerprint density at radius 1 is 0.893 bits per heavy atom. The van der Waals surface area contributed by atoms with Gasteiger partial charge in [0.1, 0.15) is 0 Å². The standard InChI is InChI=1S/C22H28N2O3S/c25-28(26,22-10-9-20-3-1-2-4-21(20)15-22)23-16-18-5-7-19(8-6-18)17-24-11-13-27-14-12-24/h5-10,15,23H,1-4,11-14,16-17H2. The summed E-state index contributed by atoms with van der Waals surface area (Å²) in [5.74, 6) is 0. The maximum atomic E-state index is 12.7. The Balaban J connectivity index is 1.36. The Labute approximate surface area is 167 Å². The molecule has 4 rings (SSSR count). The Kier molecular flexibility index (Phi) is 6.11. The molecule has 0 aromatic heterocycles. The van der Waals surface area contributed by atoms with Gasteiger partial charge in [-0.15, -0.1) is 0 Å². The summed E-state index contributed by atoms with van der Waals surface area (Å²) in [6, 6.07) is 13.7. The molecule has 0 unspecified atom stereocenters. The third-order valence-corrected chi connectivity index (χ3v) is 7.03. The van der Waals surface area contributed by atoms with Crippen LogP contribution in [-0.4, -0.2) is 39.6 Å². The minimum Gasteiger partial charge on any atom is -0.379 e. The van der Waals surface area contributed by atoms with Gasteiger partial charge in [0.05, 0.1) is 18.1 Å². The van der Waals surface area contributed by atoms with Gasteiger partial charge in [0, 0.05) is 26.2 Å². The maximum Gasteiger partial charge on any atom is 0.240 e. The van der Waals surface area contributed by atoms with Gasteiger partial charge in [0.15, 0.2) is 0 Å². The Hall–Kier alpha value is -1.73. The molecule has 0 radical (unpaired) electrons. The van der Waals surface area contributed by atoms with E-state index in [4.69, 9.17) is 4.74 Å². The molecule has 28 heavy (non-hydrogen) atoms. The first-order valence-electron chi connectivity index (χ1n) is 10.1. The molecule has 150 valence electrons. The Morgan fingerprint density at radius 2 is 1.57 bits per heavy atom. The van der Waals surface area contributed by atoms with Crippen LogP contribution in [0.1, 0.15) is 35.1 Å². The largest absolute Gasteiger partial charge is 0.379 e. The third kappa shape index (κ3) is 4.81. The molecule has 1 saturated heterocycles. The van der Waals surface area contributed by atoms with E-state index in [0.29, 0.717) is 11.4 Å². The van der Waals surface area contributed by atoms with E-state index in [-0.39, 0.29) is 0 Å². The van der Waals surface area contributed by atoms with E-state index >= 15 is 0 Å². The van der Waals surface area contributed by atoms with Crippen LogP contribution < -0.4 is 4.72 Å². The average Bonchev–Trinajstić information content (AvgIpc) is 2.74. The number of sulfonamides is 1. The van der Waals surface area contributed by atoms with Crippen molar-refractivity contribution in [2.45, 2.75) is 43.7 Å². The van der Waals surface area contributed by atoms with Gasteiger partial charge < -0.3 is 4.74 Å². The fraction of sp³-hybridized carbons (Fsp3) is 0.455. The highest BCUT2D eigenvalue weighted by Gasteiger charge is 2.17. The number of fused-ring (bicyclic) bond motifs is 1. The normalized spacial score (nSPS) is 18.0. The van der Waals surface area contributed by atoms with Crippen LogP contribution in [0.25, 0.3) is 0 Å². The number of aryl methyl sites for hydroxylation is 2. The lowest BCUT2D eigenvalue weighted by Gasteiger charge is -2.26. The van der Waals surface area contributed by atoms with Crippen LogP contribution in [0.5, 0.6) is 0 Å². The van der Waals surface area contributed by atoms with Gasteiger partial charge in [-0.2, -0.15) is 0 Å². The average molecular weight is 401 g/mol. The van der Waals surface area contributed by atoms with E-state index < -0.39 is 10.0 Å². The number of nitrogens with zero attached hydrogens (tertiary/aromatic N) is 1. The predicted octanol–water partition coefficient (Wildman–Crippen LogP) is 2.88. The van der Waals surface area contributed by atoms with E-state index in [1.54, 1.807) is 6.07 Å². The van der Waals surface area contributed by atoms with Gasteiger partial charge in [-0.3, -0.25) is 4.90 Å². The SMILES string of the molecule is O=S(=O)(NCc1ccc(CN2CCOCC2)cc1)c1ccc2c(c1)CCCC2. The molecule has 5 nitrogen and oxygen atoms in total. The molecule has 2 aromatic carbocycles. The molecule has 2 aromatic rings. The maximum absolute atomic E-state index is 12.7. The quantitative estimate of drug-likeness (QED) is 0.810. The smallest absolute Gasteiger partial charge is 0.240 e. The van der Waals surface area contributed by atoms with Crippen molar-refractivity contribution >= 4 is 10.0 Å². The van der Waals surface area contributed by atoms with Crippen LogP contribution in [-0.2, 0) is 40.7 Å². The molecule has 2 aliphatic rings. The highest BCUT2D eigenvalue weighted by Crippen LogP contribution is 2.24. The Bertz CT molecular complexity index is 904. The Morgan fingerprint density at radius 3 is 2.32 bits per heavy atom. The number of rotatable bonds is 6. The highest BCUT2D eigenvalue weighted by molar-refractivity contribution is 7.89. The molecular weight excluding hydrogens is 372 g/mol. The second kappa shape index (κ2) is 8.74. The number of hydrogen-bond donors (Lipinski definition) is 1. The lowest BCUT2D eigenvalue weighted by Crippen LogP contribution is -2.35. The fourth-order valence-electron chi connectivity index (χ4n) is 3.92. The van der Waals surface area contributed by atoms with Crippen molar-refractivity contribution in [2.24, 2.45) is 0 Å². The summed E-state index contributed by atoms with van der Waals surface area (Å²) in [6.45, 7) is 4.72. The van der Waals surface area contributed by atoms with Crippen molar-refractivity contribution in [3.05, 3.63) is 64.7 Å². The van der Waals surface area contributed by atoms with E-state index in [1.165, 1.54) is 23.1 Å². The van der Waals surface area contributed by atoms with Crippen molar-refractivity contribution in [3.8, 4) is 0 Å². The molecule has 1 N–H and O–H groups in total. The van der Waals surface area contributed by atoms with Crippen molar-refractivity contribution in [1.82, 2.24) is 9.62 Å². The number of benzene rings is 2. The second-order valence-corrected chi connectivity index (χ2v) is 9.43. The summed E-state index contributed by atoms with van der Waals surface area (Å²) in [6.07, 6.45) is 4.36. The summed E-state index contributed by atoms with van der Waals surface area (Å²) >= 11 is 0. The van der Waals surface area contributed by atoms with E-state index in [0.717, 1.165) is 57.7 Å². The zero-order valence-corrected chi connectivity index (χ0v) is 17.0. The molecule has 0 bridgehead atoms. The summed E-state index contributed by atoms with van der Waals surface area (Å²) in [4.78, 5) is 2.74. The first-order chi connectivity index (χ1) is 13.6. The van der Waals surface area contributed by atoms with E-state index in [2.05, 4.69) is 21.8 Å². The molecule has 0 spiro atoms. The summed E-state index contributed by atoms with van der Waals surface area (Å²) < 4.78 is 33.5. The fourth-order valence-corrected chi connectivity index (χ4v) is 4.99. The van der Waals surface area contributed by atoms with Crippen molar-refractivity contribution in [1.29, 1.82) is 0 Å². The zero-order valence-electron chi connectivity index (χ0n) is 16.2. The highest BCUT2D eigenvalue weighted by atomic mass is 32.2. The van der Waals surface area contributed by atoms with E-state index in [1.807, 2.05) is 24.3 Å². The van der Waals surface area contributed by atoms with Crippen molar-refractivity contribution in [2.75, 3.05) is 26.3 Å². The third-order valence-electron chi connectivity index (χ3n) is 5.63. The van der Waals surface area contributed by atoms with Crippen molar-refractivity contribution < 1.29 is 13.2 Å². The molecule has 1 heterocycles. The van der Waals surface area contributed by atoms with Gasteiger partial charge in [-0.05, 0) is 60.1 Å². The number of hydrogen-bond acceptors (Lipinski definition) is 4. The molecule has 1 fully saturated rings. The minimum absolute atomic E-state index is 0.303. The zero-order chi connectivity index (χ0) is 19.4. The number of nitrogens with one attached hydrogen (secondary N) is 1. The first-order valence-corrected chi connectivity index (χ1v) is 11.6. The summed E-state index contributed by atoms with van der Waals surface area (Å²) in [5.41, 5.74) is 4.68. The second-order valence-electron chi connectivity index (χ2n) is 7.67. The molecule has 6 heteroatoms. The van der Waals surface area contributed by atoms with Crippen LogP contribution in [0.15, 0.2) is 47.4 Å². The van der Waals surface area contributed by atoms with Crippen LogP contribution in [0, 0.1) is 0 Å². The van der Waals surface area contributed by atoms with Crippen LogP contribution in [0.3, 0.4) is 0 Å². The molecule has 0 amide bonds. The summed E-state index contributed by atoms with van der Waals surface area (Å²) in [7, 11) is -3.50. The van der Waals surface area contributed by atoms with Gasteiger partial charge >= 0.3 is 0 Å². The predicted molar refractivity (Wildman–Crippen MR) is 110 cm³/mol. The molecule has 0 atom stereocenters. The van der Waals surface area contributed by atoms with Gasteiger partial charge in [-0.1, -0.05) is 30.3 Å². The first kappa shape index (κ1) is 19.6. The van der Waals surface area contributed by atoms with Crippen LogP contribution in [0.2, 0.25) is 0 Å². The monoisotopic (exact) mass is 400 g/mol. The summed E-state index contributed by atoms with van der Waals surface area (Å²) in [5, 5.41) is 0. The van der Waals surface area contributed by atoms with Crippen LogP contribution in [0.4, 0.5) is 0 Å². The van der Waals surface area contributed by atoms with Gasteiger partial charge in [0.25, 0.3) is 0 Å². The van der Waals surface area contributed by atoms with Crippen LogP contribution >= 0.6 is 0 Å². The molecule has 0 saturated carbocycles. The molecule has 1 aliphatic carbocycles. The van der Waals surface area contributed by atoms with E-state index in [9.17, 15) is 8.42 Å². The number of morpholine rings is 1. The molecule has 1 aliphatic heterocycles. The van der Waals surface area contributed by atoms with Gasteiger partial charge in [-0.25, -0.2) is 13.1 Å². The number of ether oxygens (including phenoxy) is 1. The lowest BCUT2D eigenvalue weighted by atomic mass is 9.92. The van der Waals surface area contributed by atoms with Gasteiger partial charge in [0.2, 0.25) is 10.0 Å². The minimum atomic E-state index is -3.50.